The Morgan fingerprint density at radius 1 is 0.739 bits per heavy atom. The highest BCUT2D eigenvalue weighted by Gasteiger charge is 2.13. The van der Waals surface area contributed by atoms with E-state index in [1.165, 1.54) is 89.9 Å². The summed E-state index contributed by atoms with van der Waals surface area (Å²) in [5, 5.41) is 14.5. The monoisotopic (exact) mass is 322 g/mol. The molecule has 0 aliphatic rings. The van der Waals surface area contributed by atoms with Crippen molar-refractivity contribution in [3.05, 3.63) is 5.82 Å². The van der Waals surface area contributed by atoms with Crippen molar-refractivity contribution < 1.29 is 0 Å². The van der Waals surface area contributed by atoms with Crippen molar-refractivity contribution in [3.63, 3.8) is 0 Å². The van der Waals surface area contributed by atoms with E-state index in [0.29, 0.717) is 5.92 Å². The van der Waals surface area contributed by atoms with Crippen LogP contribution in [0.3, 0.4) is 0 Å². The Kier molecular flexibility index (Phi) is 12.8. The van der Waals surface area contributed by atoms with Gasteiger partial charge in [0.1, 0.15) is 0 Å². The minimum absolute atomic E-state index is 0.487. The smallest absolute Gasteiger partial charge is 0.177 e. The molecule has 1 rings (SSSR count). The maximum atomic E-state index is 4.12. The molecule has 1 heterocycles. The SMILES string of the molecule is CCCCCCCCCCCCCCCC(CC)c1nn[nH]n1. The summed E-state index contributed by atoms with van der Waals surface area (Å²) < 4.78 is 0. The van der Waals surface area contributed by atoms with Gasteiger partial charge in [0.05, 0.1) is 0 Å². The molecule has 1 atom stereocenters. The number of H-pyrrole nitrogens is 1. The molecule has 0 bridgehead atoms. The molecule has 0 aliphatic carbocycles. The lowest BCUT2D eigenvalue weighted by Gasteiger charge is -2.09. The van der Waals surface area contributed by atoms with Crippen LogP contribution < -0.4 is 0 Å². The van der Waals surface area contributed by atoms with Gasteiger partial charge in [-0.15, -0.1) is 10.2 Å². The Labute approximate surface area is 143 Å². The van der Waals surface area contributed by atoms with E-state index in [1.54, 1.807) is 0 Å². The number of unbranched alkanes of at least 4 members (excludes halogenated alkanes) is 12. The molecule has 0 fully saturated rings. The van der Waals surface area contributed by atoms with Crippen molar-refractivity contribution in [2.75, 3.05) is 0 Å². The van der Waals surface area contributed by atoms with Crippen LogP contribution in [-0.4, -0.2) is 20.6 Å². The Morgan fingerprint density at radius 3 is 1.70 bits per heavy atom. The zero-order chi connectivity index (χ0) is 16.6. The number of aromatic nitrogens is 4. The van der Waals surface area contributed by atoms with Crippen LogP contribution >= 0.6 is 0 Å². The van der Waals surface area contributed by atoms with Gasteiger partial charge in [0.15, 0.2) is 5.82 Å². The Hall–Kier alpha value is -0.930. The molecule has 0 amide bonds. The number of nitrogens with one attached hydrogen (secondary N) is 1. The van der Waals surface area contributed by atoms with Gasteiger partial charge < -0.3 is 0 Å². The van der Waals surface area contributed by atoms with E-state index in [9.17, 15) is 0 Å². The molecule has 4 heteroatoms. The maximum absolute atomic E-state index is 4.12. The predicted octanol–water partition coefficient (Wildman–Crippen LogP) is 6.17. The molecular formula is C19H38N4. The summed E-state index contributed by atoms with van der Waals surface area (Å²) in [4.78, 5) is 0. The molecule has 0 saturated carbocycles. The van der Waals surface area contributed by atoms with E-state index < -0.39 is 0 Å². The summed E-state index contributed by atoms with van der Waals surface area (Å²) in [5.41, 5.74) is 0. The highest BCUT2D eigenvalue weighted by atomic mass is 15.5. The van der Waals surface area contributed by atoms with Crippen molar-refractivity contribution in [2.24, 2.45) is 0 Å². The molecule has 0 aromatic carbocycles. The minimum atomic E-state index is 0.487. The number of hydrogen-bond acceptors (Lipinski definition) is 3. The fourth-order valence-electron chi connectivity index (χ4n) is 3.27. The van der Waals surface area contributed by atoms with Crippen LogP contribution in [0.5, 0.6) is 0 Å². The summed E-state index contributed by atoms with van der Waals surface area (Å²) in [6.45, 7) is 4.50. The van der Waals surface area contributed by atoms with Crippen molar-refractivity contribution >= 4 is 0 Å². The maximum Gasteiger partial charge on any atom is 0.177 e. The van der Waals surface area contributed by atoms with Crippen molar-refractivity contribution in [1.29, 1.82) is 0 Å². The van der Waals surface area contributed by atoms with Gasteiger partial charge in [-0.25, -0.2) is 0 Å². The molecule has 1 unspecified atom stereocenters. The second kappa shape index (κ2) is 14.6. The van der Waals surface area contributed by atoms with Gasteiger partial charge >= 0.3 is 0 Å². The zero-order valence-electron chi connectivity index (χ0n) is 15.5. The van der Waals surface area contributed by atoms with Gasteiger partial charge in [-0.1, -0.05) is 103 Å². The molecule has 1 N–H and O–H groups in total. The van der Waals surface area contributed by atoms with Crippen LogP contribution in [0.25, 0.3) is 0 Å². The lowest BCUT2D eigenvalue weighted by Crippen LogP contribution is -2.00. The topological polar surface area (TPSA) is 54.5 Å². The summed E-state index contributed by atoms with van der Waals surface area (Å²) in [5.74, 6) is 1.38. The largest absolute Gasteiger partial charge is 0.177 e. The third-order valence-electron chi connectivity index (χ3n) is 4.88. The zero-order valence-corrected chi connectivity index (χ0v) is 15.5. The number of tetrazole rings is 1. The third-order valence-corrected chi connectivity index (χ3v) is 4.88. The number of aromatic amines is 1. The molecule has 0 radical (unpaired) electrons. The van der Waals surface area contributed by atoms with E-state index in [4.69, 9.17) is 0 Å². The first-order chi connectivity index (χ1) is 11.4. The van der Waals surface area contributed by atoms with Crippen LogP contribution in [0.4, 0.5) is 0 Å². The molecule has 0 saturated heterocycles. The first-order valence-electron chi connectivity index (χ1n) is 10.1. The Bertz CT molecular complexity index is 337. The van der Waals surface area contributed by atoms with Gasteiger partial charge in [0, 0.05) is 5.92 Å². The summed E-state index contributed by atoms with van der Waals surface area (Å²) in [6.07, 6.45) is 20.6. The Morgan fingerprint density at radius 2 is 1.26 bits per heavy atom. The molecule has 23 heavy (non-hydrogen) atoms. The van der Waals surface area contributed by atoms with E-state index in [1.807, 2.05) is 0 Å². The van der Waals surface area contributed by atoms with Crippen molar-refractivity contribution in [3.8, 4) is 0 Å². The van der Waals surface area contributed by atoms with Crippen molar-refractivity contribution in [1.82, 2.24) is 20.6 Å². The van der Waals surface area contributed by atoms with Gasteiger partial charge in [-0.05, 0) is 12.8 Å². The second-order valence-electron chi connectivity index (χ2n) is 6.91. The standard InChI is InChI=1S/C19H38N4/c1-3-5-6-7-8-9-10-11-12-13-14-15-16-17-18(4-2)19-20-22-23-21-19/h18H,3-17H2,1-2H3,(H,20,21,22,23). The summed E-state index contributed by atoms with van der Waals surface area (Å²) in [6, 6.07) is 0. The van der Waals surface area contributed by atoms with Gasteiger partial charge in [0.25, 0.3) is 0 Å². The second-order valence-corrected chi connectivity index (χ2v) is 6.91. The quantitative estimate of drug-likeness (QED) is 0.370. The number of nitrogens with zero attached hydrogens (tertiary/aromatic N) is 3. The molecule has 1 aromatic rings. The van der Waals surface area contributed by atoms with E-state index in [2.05, 4.69) is 34.5 Å². The average molecular weight is 323 g/mol. The van der Waals surface area contributed by atoms with Gasteiger partial charge in [-0.3, -0.25) is 0 Å². The first-order valence-corrected chi connectivity index (χ1v) is 10.1. The number of hydrogen-bond donors (Lipinski definition) is 1. The van der Waals surface area contributed by atoms with Crippen LogP contribution in [-0.2, 0) is 0 Å². The lowest BCUT2D eigenvalue weighted by atomic mass is 9.97. The fraction of sp³-hybridized carbons (Fsp3) is 0.947. The summed E-state index contributed by atoms with van der Waals surface area (Å²) >= 11 is 0. The van der Waals surface area contributed by atoms with Gasteiger partial charge in [0.2, 0.25) is 0 Å². The fourth-order valence-corrected chi connectivity index (χ4v) is 3.27. The van der Waals surface area contributed by atoms with Crippen LogP contribution in [0.1, 0.15) is 122 Å². The predicted molar refractivity (Wildman–Crippen MR) is 97.5 cm³/mol. The van der Waals surface area contributed by atoms with E-state index in [0.717, 1.165) is 12.2 Å². The molecule has 134 valence electrons. The van der Waals surface area contributed by atoms with E-state index >= 15 is 0 Å². The molecule has 1 aromatic heterocycles. The Balaban J connectivity index is 1.83. The lowest BCUT2D eigenvalue weighted by molar-refractivity contribution is 0.503. The summed E-state index contributed by atoms with van der Waals surface area (Å²) in [7, 11) is 0. The average Bonchev–Trinajstić information content (AvgIpc) is 3.09. The molecular weight excluding hydrogens is 284 g/mol. The van der Waals surface area contributed by atoms with Gasteiger partial charge in [-0.2, -0.15) is 5.21 Å². The highest BCUT2D eigenvalue weighted by Crippen LogP contribution is 2.22. The normalized spacial score (nSPS) is 12.6. The van der Waals surface area contributed by atoms with Crippen LogP contribution in [0.15, 0.2) is 0 Å². The minimum Gasteiger partial charge on any atom is -0.177 e. The molecule has 0 aliphatic heterocycles. The molecule has 4 nitrogen and oxygen atoms in total. The van der Waals surface area contributed by atoms with E-state index in [-0.39, 0.29) is 0 Å². The third kappa shape index (κ3) is 10.5. The highest BCUT2D eigenvalue weighted by molar-refractivity contribution is 4.89. The van der Waals surface area contributed by atoms with Crippen molar-refractivity contribution in [2.45, 2.75) is 116 Å². The van der Waals surface area contributed by atoms with Crippen LogP contribution in [0, 0.1) is 0 Å². The first kappa shape index (κ1) is 20.1. The molecule has 0 spiro atoms. The number of rotatable bonds is 16. The van der Waals surface area contributed by atoms with Crippen LogP contribution in [0.2, 0.25) is 0 Å².